The van der Waals surface area contributed by atoms with E-state index in [1.54, 1.807) is 14.0 Å². The van der Waals surface area contributed by atoms with Crippen molar-refractivity contribution in [2.75, 3.05) is 7.11 Å². The van der Waals surface area contributed by atoms with Gasteiger partial charge in [-0.05, 0) is 68.5 Å². The minimum Gasteiger partial charge on any atom is -0.496 e. The van der Waals surface area contributed by atoms with Gasteiger partial charge in [0.1, 0.15) is 11.6 Å². The molecule has 2 aromatic carbocycles. The van der Waals surface area contributed by atoms with Crippen LogP contribution in [0.5, 0.6) is 5.75 Å². The molecule has 0 saturated heterocycles. The largest absolute Gasteiger partial charge is 0.496 e. The number of ketones is 1. The van der Waals surface area contributed by atoms with Crippen molar-refractivity contribution in [3.05, 3.63) is 63.5 Å². The molecule has 0 fully saturated rings. The van der Waals surface area contributed by atoms with Crippen molar-refractivity contribution in [1.82, 2.24) is 0 Å². The zero-order chi connectivity index (χ0) is 21.6. The molecule has 1 atom stereocenters. The lowest BCUT2D eigenvalue weighted by Gasteiger charge is -2.27. The minimum atomic E-state index is -0.233. The zero-order valence-electron chi connectivity index (χ0n) is 18.8. The van der Waals surface area contributed by atoms with Gasteiger partial charge in [-0.25, -0.2) is 4.39 Å². The lowest BCUT2D eigenvalue weighted by Crippen LogP contribution is -2.13. The standard InChI is InChI=1S/C26H35FO2/c1-7-8-9-10-11-12-23(21-13-15-22(27)16-14-21)25-19(4)24(20(5)28)17(2)18(3)26(25)29-6/h13-16,23H,7-12H2,1-6H3. The van der Waals surface area contributed by atoms with Crippen molar-refractivity contribution >= 4 is 5.78 Å². The number of hydrogen-bond donors (Lipinski definition) is 0. The molecule has 0 aliphatic rings. The number of unbranched alkanes of at least 4 members (excludes halogenated alkanes) is 4. The highest BCUT2D eigenvalue weighted by Crippen LogP contribution is 2.42. The molecule has 2 aromatic rings. The van der Waals surface area contributed by atoms with Gasteiger partial charge in [-0.15, -0.1) is 0 Å². The van der Waals surface area contributed by atoms with Crippen LogP contribution in [0.2, 0.25) is 0 Å². The number of ether oxygens (including phenoxy) is 1. The van der Waals surface area contributed by atoms with Crippen LogP contribution in [-0.2, 0) is 0 Å². The van der Waals surface area contributed by atoms with Gasteiger partial charge in [0.2, 0.25) is 0 Å². The van der Waals surface area contributed by atoms with Crippen molar-refractivity contribution in [3.8, 4) is 5.75 Å². The Morgan fingerprint density at radius 2 is 1.59 bits per heavy atom. The summed E-state index contributed by atoms with van der Waals surface area (Å²) in [5.41, 5.74) is 5.91. The van der Waals surface area contributed by atoms with Crippen molar-refractivity contribution in [2.24, 2.45) is 0 Å². The molecular formula is C26H35FO2. The van der Waals surface area contributed by atoms with Gasteiger partial charge in [-0.3, -0.25) is 4.79 Å². The molecule has 0 spiro atoms. The molecule has 2 nitrogen and oxygen atoms in total. The molecule has 158 valence electrons. The van der Waals surface area contributed by atoms with Gasteiger partial charge in [0.05, 0.1) is 7.11 Å². The van der Waals surface area contributed by atoms with E-state index in [1.807, 2.05) is 32.9 Å². The molecule has 0 heterocycles. The van der Waals surface area contributed by atoms with E-state index in [0.717, 1.165) is 52.0 Å². The smallest absolute Gasteiger partial charge is 0.160 e. The van der Waals surface area contributed by atoms with E-state index < -0.39 is 0 Å². The predicted molar refractivity (Wildman–Crippen MR) is 119 cm³/mol. The molecule has 0 aromatic heterocycles. The van der Waals surface area contributed by atoms with E-state index in [4.69, 9.17) is 4.74 Å². The van der Waals surface area contributed by atoms with Gasteiger partial charge in [-0.1, -0.05) is 51.2 Å². The van der Waals surface area contributed by atoms with Crippen LogP contribution in [-0.4, -0.2) is 12.9 Å². The number of hydrogen-bond acceptors (Lipinski definition) is 2. The summed E-state index contributed by atoms with van der Waals surface area (Å²) < 4.78 is 19.4. The summed E-state index contributed by atoms with van der Waals surface area (Å²) in [5.74, 6) is 0.772. The van der Waals surface area contributed by atoms with Gasteiger partial charge in [0, 0.05) is 17.0 Å². The van der Waals surface area contributed by atoms with Crippen LogP contribution in [0.4, 0.5) is 4.39 Å². The van der Waals surface area contributed by atoms with Crippen molar-refractivity contribution in [2.45, 2.75) is 79.1 Å². The van der Waals surface area contributed by atoms with Crippen LogP contribution in [0.1, 0.15) is 96.5 Å². The number of rotatable bonds is 10. The Kier molecular flexibility index (Phi) is 8.43. The Labute approximate surface area is 175 Å². The fraction of sp³-hybridized carbons (Fsp3) is 0.500. The van der Waals surface area contributed by atoms with Crippen molar-refractivity contribution in [3.63, 3.8) is 0 Å². The molecule has 0 aliphatic carbocycles. The monoisotopic (exact) mass is 398 g/mol. The molecule has 0 amide bonds. The Morgan fingerprint density at radius 1 is 0.966 bits per heavy atom. The Bertz CT molecular complexity index is 837. The first-order chi connectivity index (χ1) is 13.8. The maximum absolute atomic E-state index is 13.6. The average molecular weight is 399 g/mol. The van der Waals surface area contributed by atoms with Gasteiger partial charge in [-0.2, -0.15) is 0 Å². The van der Waals surface area contributed by atoms with E-state index in [2.05, 4.69) is 6.92 Å². The average Bonchev–Trinajstić information content (AvgIpc) is 2.68. The third-order valence-corrected chi connectivity index (χ3v) is 6.08. The van der Waals surface area contributed by atoms with Crippen LogP contribution in [0.3, 0.4) is 0 Å². The molecule has 3 heteroatoms. The van der Waals surface area contributed by atoms with Gasteiger partial charge in [0.25, 0.3) is 0 Å². The van der Waals surface area contributed by atoms with Crippen LogP contribution >= 0.6 is 0 Å². The van der Waals surface area contributed by atoms with Crippen LogP contribution < -0.4 is 4.74 Å². The number of halogens is 1. The second-order valence-corrected chi connectivity index (χ2v) is 8.06. The molecule has 0 aliphatic heterocycles. The topological polar surface area (TPSA) is 26.3 Å². The first-order valence-corrected chi connectivity index (χ1v) is 10.8. The molecule has 0 N–H and O–H groups in total. The lowest BCUT2D eigenvalue weighted by atomic mass is 9.79. The van der Waals surface area contributed by atoms with Crippen molar-refractivity contribution in [1.29, 1.82) is 0 Å². The number of benzene rings is 2. The third kappa shape index (κ3) is 5.26. The highest BCUT2D eigenvalue weighted by atomic mass is 19.1. The quantitative estimate of drug-likeness (QED) is 0.307. The summed E-state index contributed by atoms with van der Waals surface area (Å²) in [7, 11) is 1.70. The number of carbonyl (C=O) groups is 1. The first kappa shape index (κ1) is 23.1. The molecule has 0 saturated carbocycles. The van der Waals surface area contributed by atoms with Gasteiger partial charge < -0.3 is 4.74 Å². The summed E-state index contributed by atoms with van der Waals surface area (Å²) in [4.78, 5) is 12.4. The van der Waals surface area contributed by atoms with Crippen molar-refractivity contribution < 1.29 is 13.9 Å². The first-order valence-electron chi connectivity index (χ1n) is 10.8. The fourth-order valence-corrected chi connectivity index (χ4v) is 4.48. The van der Waals surface area contributed by atoms with E-state index in [1.165, 1.54) is 37.8 Å². The summed E-state index contributed by atoms with van der Waals surface area (Å²) in [6.45, 7) is 9.88. The lowest BCUT2D eigenvalue weighted by molar-refractivity contribution is 0.101. The van der Waals surface area contributed by atoms with Crippen LogP contribution in [0.25, 0.3) is 0 Å². The second kappa shape index (κ2) is 10.6. The Hall–Kier alpha value is -2.16. The molecule has 2 rings (SSSR count). The number of Topliss-reactive ketones (excluding diaryl/α,β-unsaturated/α-hetero) is 1. The van der Waals surface area contributed by atoms with Gasteiger partial charge >= 0.3 is 0 Å². The molecule has 1 unspecified atom stereocenters. The number of methoxy groups -OCH3 is 1. The zero-order valence-corrected chi connectivity index (χ0v) is 18.8. The van der Waals surface area contributed by atoms with E-state index in [0.29, 0.717) is 0 Å². The molecular weight excluding hydrogens is 363 g/mol. The SMILES string of the molecule is CCCCCCCC(c1ccc(F)cc1)c1c(C)c(C(C)=O)c(C)c(C)c1OC. The van der Waals surface area contributed by atoms with E-state index in [-0.39, 0.29) is 17.5 Å². The molecule has 0 bridgehead atoms. The molecule has 0 radical (unpaired) electrons. The van der Waals surface area contributed by atoms with Gasteiger partial charge in [0.15, 0.2) is 5.78 Å². The van der Waals surface area contributed by atoms with Crippen LogP contribution in [0.15, 0.2) is 24.3 Å². The Morgan fingerprint density at radius 3 is 2.14 bits per heavy atom. The van der Waals surface area contributed by atoms with Crippen LogP contribution in [0, 0.1) is 26.6 Å². The maximum Gasteiger partial charge on any atom is 0.160 e. The third-order valence-electron chi connectivity index (χ3n) is 6.08. The summed E-state index contributed by atoms with van der Waals surface area (Å²) in [6.07, 6.45) is 6.92. The normalized spacial score (nSPS) is 12.1. The molecule has 29 heavy (non-hydrogen) atoms. The fourth-order valence-electron chi connectivity index (χ4n) is 4.48. The highest BCUT2D eigenvalue weighted by Gasteiger charge is 2.26. The maximum atomic E-state index is 13.6. The predicted octanol–water partition coefficient (Wildman–Crippen LogP) is 7.45. The Balaban J connectivity index is 2.59. The highest BCUT2D eigenvalue weighted by molar-refractivity contribution is 5.98. The summed E-state index contributed by atoms with van der Waals surface area (Å²) >= 11 is 0. The minimum absolute atomic E-state index is 0.0737. The number of carbonyl (C=O) groups excluding carboxylic acids is 1. The van der Waals surface area contributed by atoms with E-state index >= 15 is 0 Å². The van der Waals surface area contributed by atoms with E-state index in [9.17, 15) is 9.18 Å². The summed E-state index contributed by atoms with van der Waals surface area (Å²) in [6, 6.07) is 6.78. The summed E-state index contributed by atoms with van der Waals surface area (Å²) in [5, 5.41) is 0. The second-order valence-electron chi connectivity index (χ2n) is 8.06.